The lowest BCUT2D eigenvalue weighted by Gasteiger charge is -2.12. The van der Waals surface area contributed by atoms with E-state index < -0.39 is 0 Å². The van der Waals surface area contributed by atoms with E-state index in [2.05, 4.69) is 16.0 Å². The fraction of sp³-hybridized carbons (Fsp3) is 0.130. The van der Waals surface area contributed by atoms with Gasteiger partial charge in [0.25, 0.3) is 0 Å². The Kier molecular flexibility index (Phi) is 7.74. The van der Waals surface area contributed by atoms with Gasteiger partial charge in [0.1, 0.15) is 0 Å². The van der Waals surface area contributed by atoms with E-state index in [-0.39, 0.29) is 5.91 Å². The van der Waals surface area contributed by atoms with Crippen molar-refractivity contribution in [3.63, 3.8) is 0 Å². The highest BCUT2D eigenvalue weighted by Crippen LogP contribution is 2.25. The Morgan fingerprint density at radius 3 is 2.40 bits per heavy atom. The molecule has 0 atom stereocenters. The van der Waals surface area contributed by atoms with Crippen LogP contribution in [-0.4, -0.2) is 16.8 Å². The predicted octanol–water partition coefficient (Wildman–Crippen LogP) is 6.50. The number of aryl methyl sites for hydroxylation is 1. The lowest BCUT2D eigenvalue weighted by Crippen LogP contribution is -2.19. The van der Waals surface area contributed by atoms with E-state index >= 15 is 0 Å². The van der Waals surface area contributed by atoms with Crippen LogP contribution in [-0.2, 0) is 4.79 Å². The summed E-state index contributed by atoms with van der Waals surface area (Å²) in [6.07, 6.45) is 0. The summed E-state index contributed by atoms with van der Waals surface area (Å²) in [5, 5.41) is 10.4. The maximum Gasteiger partial charge on any atom is 0.234 e. The summed E-state index contributed by atoms with van der Waals surface area (Å²) in [4.78, 5) is 13.3. The van der Waals surface area contributed by atoms with E-state index in [9.17, 15) is 4.79 Å². The minimum atomic E-state index is -0.0831. The van der Waals surface area contributed by atoms with Crippen LogP contribution in [0.4, 0.5) is 17.1 Å². The third-order valence-electron chi connectivity index (χ3n) is 4.31. The molecule has 0 bridgehead atoms. The SMILES string of the molecule is Cc1ccc(NC(=S)Nc2cccc(SCC(=O)Nc3cccc(Cl)c3C)c2)cc1. The molecular weight excluding hydrogens is 434 g/mol. The molecule has 0 aliphatic carbocycles. The molecule has 4 nitrogen and oxygen atoms in total. The topological polar surface area (TPSA) is 53.2 Å². The average molecular weight is 456 g/mol. The van der Waals surface area contributed by atoms with Gasteiger partial charge in [0.05, 0.1) is 5.75 Å². The molecule has 7 heteroatoms. The number of thiocarbonyl (C=S) groups is 1. The van der Waals surface area contributed by atoms with E-state index in [0.717, 1.165) is 27.5 Å². The fourth-order valence-electron chi connectivity index (χ4n) is 2.67. The Balaban J connectivity index is 1.53. The molecule has 1 amide bonds. The lowest BCUT2D eigenvalue weighted by molar-refractivity contribution is -0.113. The van der Waals surface area contributed by atoms with Gasteiger partial charge in [-0.25, -0.2) is 0 Å². The Bertz CT molecular complexity index is 1050. The highest BCUT2D eigenvalue weighted by atomic mass is 35.5. The molecule has 0 aromatic heterocycles. The number of hydrogen-bond acceptors (Lipinski definition) is 3. The third kappa shape index (κ3) is 6.49. The van der Waals surface area contributed by atoms with Crippen molar-refractivity contribution in [3.8, 4) is 0 Å². The Morgan fingerprint density at radius 2 is 1.63 bits per heavy atom. The zero-order valence-electron chi connectivity index (χ0n) is 16.7. The van der Waals surface area contributed by atoms with Crippen LogP contribution in [0.2, 0.25) is 5.02 Å². The van der Waals surface area contributed by atoms with Crippen molar-refractivity contribution in [1.29, 1.82) is 0 Å². The Hall–Kier alpha value is -2.54. The number of anilines is 3. The third-order valence-corrected chi connectivity index (χ3v) is 5.92. The van der Waals surface area contributed by atoms with Crippen molar-refractivity contribution in [2.75, 3.05) is 21.7 Å². The minimum absolute atomic E-state index is 0.0831. The van der Waals surface area contributed by atoms with E-state index in [1.165, 1.54) is 17.3 Å². The van der Waals surface area contributed by atoms with Crippen LogP contribution in [0.15, 0.2) is 71.6 Å². The summed E-state index contributed by atoms with van der Waals surface area (Å²) in [5.41, 5.74) is 4.57. The standard InChI is InChI=1S/C23H22ClN3OS2/c1-15-9-11-17(12-10-15)25-23(29)26-18-5-3-6-19(13-18)30-14-22(28)27-21-8-4-7-20(24)16(21)2/h3-13H,14H2,1-2H3,(H,27,28)(H2,25,26,29). The van der Waals surface area contributed by atoms with Crippen molar-refractivity contribution in [3.05, 3.63) is 82.9 Å². The van der Waals surface area contributed by atoms with Crippen molar-refractivity contribution in [2.24, 2.45) is 0 Å². The van der Waals surface area contributed by atoms with Gasteiger partial charge in [-0.05, 0) is 74.1 Å². The maximum atomic E-state index is 12.3. The quantitative estimate of drug-likeness (QED) is 0.292. The van der Waals surface area contributed by atoms with Crippen LogP contribution in [0.1, 0.15) is 11.1 Å². The zero-order chi connectivity index (χ0) is 21.5. The molecule has 0 aliphatic heterocycles. The smallest absolute Gasteiger partial charge is 0.234 e. The molecule has 0 spiro atoms. The van der Waals surface area contributed by atoms with Crippen LogP contribution >= 0.6 is 35.6 Å². The van der Waals surface area contributed by atoms with Gasteiger partial charge in [0.2, 0.25) is 5.91 Å². The number of amides is 1. The number of carbonyl (C=O) groups is 1. The van der Waals surface area contributed by atoms with Gasteiger partial charge < -0.3 is 16.0 Å². The van der Waals surface area contributed by atoms with Crippen LogP contribution in [0.25, 0.3) is 0 Å². The molecule has 30 heavy (non-hydrogen) atoms. The van der Waals surface area contributed by atoms with Gasteiger partial charge in [0.15, 0.2) is 5.11 Å². The summed E-state index contributed by atoms with van der Waals surface area (Å²) in [6.45, 7) is 3.92. The zero-order valence-corrected chi connectivity index (χ0v) is 19.0. The molecule has 3 aromatic carbocycles. The summed E-state index contributed by atoms with van der Waals surface area (Å²) < 4.78 is 0. The lowest BCUT2D eigenvalue weighted by atomic mass is 10.2. The fourth-order valence-corrected chi connectivity index (χ4v) is 3.84. The number of halogens is 1. The summed E-state index contributed by atoms with van der Waals surface area (Å²) >= 11 is 13.0. The van der Waals surface area contributed by atoms with E-state index in [0.29, 0.717) is 15.9 Å². The Labute approximate surface area is 191 Å². The van der Waals surface area contributed by atoms with Gasteiger partial charge in [-0.3, -0.25) is 4.79 Å². The number of carbonyl (C=O) groups excluding carboxylic acids is 1. The molecule has 0 saturated heterocycles. The van der Waals surface area contributed by atoms with Crippen molar-refractivity contribution >= 4 is 63.7 Å². The second kappa shape index (κ2) is 10.5. The maximum absolute atomic E-state index is 12.3. The van der Waals surface area contributed by atoms with Crippen molar-refractivity contribution in [2.45, 2.75) is 18.7 Å². The number of rotatable bonds is 6. The van der Waals surface area contributed by atoms with Gasteiger partial charge in [0, 0.05) is 27.0 Å². The minimum Gasteiger partial charge on any atom is -0.332 e. The summed E-state index contributed by atoms with van der Waals surface area (Å²) in [6, 6.07) is 21.3. The largest absolute Gasteiger partial charge is 0.332 e. The van der Waals surface area contributed by atoms with Gasteiger partial charge in [-0.2, -0.15) is 0 Å². The molecule has 0 unspecified atom stereocenters. The Morgan fingerprint density at radius 1 is 0.933 bits per heavy atom. The molecule has 0 radical (unpaired) electrons. The molecule has 3 N–H and O–H groups in total. The summed E-state index contributed by atoms with van der Waals surface area (Å²) in [5.74, 6) is 0.210. The molecule has 3 aromatic rings. The van der Waals surface area contributed by atoms with Crippen LogP contribution in [0, 0.1) is 13.8 Å². The van der Waals surface area contributed by atoms with Crippen molar-refractivity contribution in [1.82, 2.24) is 0 Å². The molecule has 0 saturated carbocycles. The first-order chi connectivity index (χ1) is 14.4. The summed E-state index contributed by atoms with van der Waals surface area (Å²) in [7, 11) is 0. The number of thioether (sulfide) groups is 1. The van der Waals surface area contributed by atoms with Crippen LogP contribution < -0.4 is 16.0 Å². The average Bonchev–Trinajstić information content (AvgIpc) is 2.72. The first kappa shape index (κ1) is 22.2. The monoisotopic (exact) mass is 455 g/mol. The highest BCUT2D eigenvalue weighted by Gasteiger charge is 2.08. The van der Waals surface area contributed by atoms with Gasteiger partial charge >= 0.3 is 0 Å². The van der Waals surface area contributed by atoms with Crippen molar-refractivity contribution < 1.29 is 4.79 Å². The predicted molar refractivity (Wildman–Crippen MR) is 133 cm³/mol. The molecule has 0 fully saturated rings. The second-order valence-electron chi connectivity index (χ2n) is 6.72. The van der Waals surface area contributed by atoms with E-state index in [1.54, 1.807) is 6.07 Å². The van der Waals surface area contributed by atoms with Gasteiger partial charge in [-0.1, -0.05) is 41.4 Å². The molecule has 0 aliphatic rings. The van der Waals surface area contributed by atoms with Gasteiger partial charge in [-0.15, -0.1) is 11.8 Å². The number of benzene rings is 3. The molecule has 3 rings (SSSR count). The van der Waals surface area contributed by atoms with E-state index in [1.807, 2.05) is 74.5 Å². The number of nitrogens with one attached hydrogen (secondary N) is 3. The van der Waals surface area contributed by atoms with Crippen LogP contribution in [0.5, 0.6) is 0 Å². The second-order valence-corrected chi connectivity index (χ2v) is 8.59. The highest BCUT2D eigenvalue weighted by molar-refractivity contribution is 8.00. The first-order valence-electron chi connectivity index (χ1n) is 9.33. The molecule has 154 valence electrons. The normalized spacial score (nSPS) is 10.4. The van der Waals surface area contributed by atoms with Crippen LogP contribution in [0.3, 0.4) is 0 Å². The van der Waals surface area contributed by atoms with E-state index in [4.69, 9.17) is 23.8 Å². The number of hydrogen-bond donors (Lipinski definition) is 3. The molecule has 0 heterocycles. The molecular formula is C23H22ClN3OS2. The first-order valence-corrected chi connectivity index (χ1v) is 11.1.